The molecule has 0 aliphatic rings. The van der Waals surface area contributed by atoms with E-state index in [4.69, 9.17) is 15.0 Å². The minimum Gasteiger partial charge on any atom is -0.490 e. The molecule has 94 valence electrons. The van der Waals surface area contributed by atoms with E-state index in [-0.39, 0.29) is 11.4 Å². The molecule has 0 saturated carbocycles. The number of rotatable bonds is 3. The maximum Gasteiger partial charge on any atom is 0.310 e. The molecule has 18 heavy (non-hydrogen) atoms. The largest absolute Gasteiger partial charge is 0.490 e. The summed E-state index contributed by atoms with van der Waals surface area (Å²) in [7, 11) is 1.37. The number of nitro benzene ring substituents is 1. The maximum absolute atomic E-state index is 10.8. The molecule has 0 saturated heterocycles. The fraction of sp³-hybridized carbons (Fsp3) is 0.182. The van der Waals surface area contributed by atoms with Crippen molar-refractivity contribution in [3.8, 4) is 17.1 Å². The average molecular weight is 249 g/mol. The van der Waals surface area contributed by atoms with Crippen LogP contribution in [0.2, 0.25) is 0 Å². The number of aromatic nitrogens is 1. The fourth-order valence-corrected chi connectivity index (χ4v) is 1.59. The lowest BCUT2D eigenvalue weighted by Crippen LogP contribution is -1.94. The van der Waals surface area contributed by atoms with Crippen LogP contribution in [0.5, 0.6) is 5.75 Å². The number of benzene rings is 1. The lowest BCUT2D eigenvalue weighted by atomic mass is 10.1. The van der Waals surface area contributed by atoms with Gasteiger partial charge in [-0.25, -0.2) is 0 Å². The molecular weight excluding hydrogens is 238 g/mol. The molecule has 1 aromatic heterocycles. The summed E-state index contributed by atoms with van der Waals surface area (Å²) in [5.41, 5.74) is 6.79. The summed E-state index contributed by atoms with van der Waals surface area (Å²) in [4.78, 5) is 10.3. The molecule has 0 fully saturated rings. The molecule has 0 bridgehead atoms. The van der Waals surface area contributed by atoms with E-state index in [0.29, 0.717) is 22.7 Å². The molecule has 0 spiro atoms. The number of hydrogen-bond acceptors (Lipinski definition) is 6. The Morgan fingerprint density at radius 1 is 1.50 bits per heavy atom. The first kappa shape index (κ1) is 11.9. The highest BCUT2D eigenvalue weighted by Gasteiger charge is 2.18. The number of nitrogen functional groups attached to an aromatic ring is 1. The quantitative estimate of drug-likeness (QED) is 0.660. The van der Waals surface area contributed by atoms with Crippen molar-refractivity contribution in [3.63, 3.8) is 0 Å². The summed E-state index contributed by atoms with van der Waals surface area (Å²) in [6.45, 7) is 1.76. The molecule has 1 heterocycles. The van der Waals surface area contributed by atoms with Gasteiger partial charge in [0, 0.05) is 17.2 Å². The number of nitrogens with two attached hydrogens (primary N) is 1. The van der Waals surface area contributed by atoms with Crippen molar-refractivity contribution < 1.29 is 14.2 Å². The van der Waals surface area contributed by atoms with Crippen LogP contribution in [0, 0.1) is 17.0 Å². The van der Waals surface area contributed by atoms with Crippen LogP contribution in [-0.4, -0.2) is 17.2 Å². The third-order valence-corrected chi connectivity index (χ3v) is 2.60. The Kier molecular flexibility index (Phi) is 2.88. The second kappa shape index (κ2) is 4.36. The van der Waals surface area contributed by atoms with E-state index in [0.717, 1.165) is 0 Å². The predicted molar refractivity (Wildman–Crippen MR) is 64.3 cm³/mol. The average Bonchev–Trinajstić information content (AvgIpc) is 2.69. The van der Waals surface area contributed by atoms with Gasteiger partial charge in [-0.15, -0.1) is 0 Å². The van der Waals surface area contributed by atoms with Gasteiger partial charge in [-0.05, 0) is 19.1 Å². The number of ether oxygens (including phenoxy) is 1. The van der Waals surface area contributed by atoms with Crippen molar-refractivity contribution in [2.24, 2.45) is 0 Å². The van der Waals surface area contributed by atoms with Crippen molar-refractivity contribution in [3.05, 3.63) is 33.9 Å². The number of methoxy groups -OCH3 is 1. The van der Waals surface area contributed by atoms with Gasteiger partial charge in [0.15, 0.2) is 17.3 Å². The highest BCUT2D eigenvalue weighted by Crippen LogP contribution is 2.34. The van der Waals surface area contributed by atoms with Crippen molar-refractivity contribution in [1.82, 2.24) is 5.16 Å². The summed E-state index contributed by atoms with van der Waals surface area (Å²) in [5.74, 6) is 0.926. The molecule has 2 N–H and O–H groups in total. The van der Waals surface area contributed by atoms with E-state index in [1.165, 1.54) is 19.2 Å². The Labute approximate surface area is 102 Å². The van der Waals surface area contributed by atoms with Gasteiger partial charge in [-0.2, -0.15) is 0 Å². The van der Waals surface area contributed by atoms with E-state index in [1.54, 1.807) is 13.0 Å². The third-order valence-electron chi connectivity index (χ3n) is 2.60. The molecular formula is C11H11N3O4. The first-order valence-electron chi connectivity index (χ1n) is 5.09. The van der Waals surface area contributed by atoms with Crippen LogP contribution < -0.4 is 10.5 Å². The molecule has 1 aromatic carbocycles. The highest BCUT2D eigenvalue weighted by molar-refractivity contribution is 5.69. The standard InChI is InChI=1S/C11H11N3O4/c1-6-10(18-13-11(6)12)7-3-4-8(14(15)16)9(5-7)17-2/h3-5H,1-2H3,(H2,12,13). The van der Waals surface area contributed by atoms with Gasteiger partial charge in [0.1, 0.15) is 0 Å². The van der Waals surface area contributed by atoms with Crippen LogP contribution in [0.25, 0.3) is 11.3 Å². The van der Waals surface area contributed by atoms with E-state index in [1.807, 2.05) is 0 Å². The molecule has 0 aliphatic heterocycles. The summed E-state index contributed by atoms with van der Waals surface area (Å²) < 4.78 is 10.1. The molecule has 7 heteroatoms. The van der Waals surface area contributed by atoms with Crippen LogP contribution in [-0.2, 0) is 0 Å². The number of nitrogens with zero attached hydrogens (tertiary/aromatic N) is 2. The summed E-state index contributed by atoms with van der Waals surface area (Å²) in [5, 5.41) is 14.4. The van der Waals surface area contributed by atoms with Crippen molar-refractivity contribution in [2.45, 2.75) is 6.92 Å². The minimum atomic E-state index is -0.510. The Balaban J connectivity index is 2.54. The van der Waals surface area contributed by atoms with Gasteiger partial charge in [0.2, 0.25) is 0 Å². The van der Waals surface area contributed by atoms with Crippen molar-refractivity contribution in [1.29, 1.82) is 0 Å². The summed E-state index contributed by atoms with van der Waals surface area (Å²) >= 11 is 0. The molecule has 0 aliphatic carbocycles. The van der Waals surface area contributed by atoms with Crippen LogP contribution in [0.3, 0.4) is 0 Å². The predicted octanol–water partition coefficient (Wildman–Crippen LogP) is 2.15. The lowest BCUT2D eigenvalue weighted by Gasteiger charge is -2.03. The van der Waals surface area contributed by atoms with E-state index < -0.39 is 4.92 Å². The number of hydrogen-bond donors (Lipinski definition) is 1. The molecule has 0 unspecified atom stereocenters. The number of anilines is 1. The Morgan fingerprint density at radius 2 is 2.22 bits per heavy atom. The fourth-order valence-electron chi connectivity index (χ4n) is 1.59. The first-order valence-corrected chi connectivity index (χ1v) is 5.09. The summed E-state index contributed by atoms with van der Waals surface area (Å²) in [6.07, 6.45) is 0. The Bertz CT molecular complexity index is 606. The zero-order chi connectivity index (χ0) is 13.3. The number of nitro groups is 1. The van der Waals surface area contributed by atoms with Crippen molar-refractivity contribution >= 4 is 11.5 Å². The van der Waals surface area contributed by atoms with Gasteiger partial charge < -0.3 is 15.0 Å². The van der Waals surface area contributed by atoms with E-state index >= 15 is 0 Å². The molecule has 0 radical (unpaired) electrons. The first-order chi connectivity index (χ1) is 8.54. The van der Waals surface area contributed by atoms with Crippen LogP contribution in [0.4, 0.5) is 11.5 Å². The zero-order valence-corrected chi connectivity index (χ0v) is 9.84. The SMILES string of the molecule is COc1cc(-c2onc(N)c2C)ccc1[N+](=O)[O-]. The van der Waals surface area contributed by atoms with Gasteiger partial charge in [0.05, 0.1) is 12.0 Å². The van der Waals surface area contributed by atoms with Crippen molar-refractivity contribution in [2.75, 3.05) is 12.8 Å². The molecule has 0 amide bonds. The monoisotopic (exact) mass is 249 g/mol. The Hall–Kier alpha value is -2.57. The van der Waals surface area contributed by atoms with Crippen LogP contribution in [0.15, 0.2) is 22.7 Å². The van der Waals surface area contributed by atoms with Crippen LogP contribution >= 0.6 is 0 Å². The molecule has 2 aromatic rings. The topological polar surface area (TPSA) is 104 Å². The van der Waals surface area contributed by atoms with E-state index in [9.17, 15) is 10.1 Å². The van der Waals surface area contributed by atoms with Gasteiger partial charge in [-0.3, -0.25) is 10.1 Å². The minimum absolute atomic E-state index is 0.105. The van der Waals surface area contributed by atoms with Gasteiger partial charge in [0.25, 0.3) is 0 Å². The van der Waals surface area contributed by atoms with Gasteiger partial charge in [-0.1, -0.05) is 5.16 Å². The zero-order valence-electron chi connectivity index (χ0n) is 9.84. The lowest BCUT2D eigenvalue weighted by molar-refractivity contribution is -0.385. The smallest absolute Gasteiger partial charge is 0.310 e. The van der Waals surface area contributed by atoms with Crippen LogP contribution in [0.1, 0.15) is 5.56 Å². The molecule has 0 atom stereocenters. The van der Waals surface area contributed by atoms with Gasteiger partial charge >= 0.3 is 5.69 Å². The highest BCUT2D eigenvalue weighted by atomic mass is 16.6. The molecule has 7 nitrogen and oxygen atoms in total. The molecule has 2 rings (SSSR count). The van der Waals surface area contributed by atoms with E-state index in [2.05, 4.69) is 5.16 Å². The Morgan fingerprint density at radius 3 is 2.72 bits per heavy atom. The second-order valence-electron chi connectivity index (χ2n) is 3.67. The maximum atomic E-state index is 10.8. The summed E-state index contributed by atoms with van der Waals surface area (Å²) in [6, 6.07) is 4.44. The second-order valence-corrected chi connectivity index (χ2v) is 3.67. The third kappa shape index (κ3) is 1.86. The normalized spacial score (nSPS) is 10.3.